The molecule has 0 radical (unpaired) electrons. The summed E-state index contributed by atoms with van der Waals surface area (Å²) in [5, 5.41) is 0. The van der Waals surface area contributed by atoms with E-state index in [4.69, 9.17) is 4.74 Å². The molecule has 0 aliphatic heterocycles. The van der Waals surface area contributed by atoms with Gasteiger partial charge in [-0.3, -0.25) is 9.78 Å². The van der Waals surface area contributed by atoms with Crippen LogP contribution < -0.4 is 4.74 Å². The number of rotatable bonds is 8. The number of carbonyl (C=O) groups is 1. The average Bonchev–Trinajstić information content (AvgIpc) is 2.36. The highest BCUT2D eigenvalue weighted by Crippen LogP contribution is 2.19. The number of alkyl halides is 1. The standard InChI is InChI=1S/C16H24FNO2/c1-5-6-15(12(2)19)20-14-8-7-13(18-11-14)9-10-16(3,4)17/h7-8,11,15H,5-6,9-10H2,1-4H3/t15-/m1/s1. The van der Waals surface area contributed by atoms with Crippen molar-refractivity contribution in [2.24, 2.45) is 0 Å². The first-order chi connectivity index (χ1) is 9.31. The summed E-state index contributed by atoms with van der Waals surface area (Å²) in [4.78, 5) is 15.7. The maximum Gasteiger partial charge on any atom is 0.170 e. The smallest absolute Gasteiger partial charge is 0.170 e. The topological polar surface area (TPSA) is 39.2 Å². The van der Waals surface area contributed by atoms with Gasteiger partial charge in [0.1, 0.15) is 11.4 Å². The van der Waals surface area contributed by atoms with Crippen molar-refractivity contribution in [3.8, 4) is 5.75 Å². The van der Waals surface area contributed by atoms with Crippen LogP contribution in [0.5, 0.6) is 5.75 Å². The summed E-state index contributed by atoms with van der Waals surface area (Å²) < 4.78 is 19.0. The van der Waals surface area contributed by atoms with Crippen LogP contribution in [0.1, 0.15) is 52.7 Å². The number of carbonyl (C=O) groups excluding carboxylic acids is 1. The largest absolute Gasteiger partial charge is 0.481 e. The molecular formula is C16H24FNO2. The molecule has 0 saturated heterocycles. The summed E-state index contributed by atoms with van der Waals surface area (Å²) in [6.45, 7) is 6.67. The Bertz CT molecular complexity index is 423. The summed E-state index contributed by atoms with van der Waals surface area (Å²) in [6, 6.07) is 3.61. The van der Waals surface area contributed by atoms with Crippen molar-refractivity contribution in [2.45, 2.75) is 65.2 Å². The van der Waals surface area contributed by atoms with Crippen molar-refractivity contribution in [1.82, 2.24) is 4.98 Å². The third-order valence-corrected chi connectivity index (χ3v) is 3.06. The molecule has 1 aromatic heterocycles. The summed E-state index contributed by atoms with van der Waals surface area (Å²) in [5.41, 5.74) is -0.351. The SMILES string of the molecule is CCC[C@@H](Oc1ccc(CCC(C)(C)F)nc1)C(C)=O. The molecule has 0 aromatic carbocycles. The highest BCUT2D eigenvalue weighted by atomic mass is 19.1. The fourth-order valence-corrected chi connectivity index (χ4v) is 1.83. The van der Waals surface area contributed by atoms with Crippen LogP contribution in [0.15, 0.2) is 18.3 Å². The maximum absolute atomic E-state index is 13.4. The Balaban J connectivity index is 2.59. The zero-order chi connectivity index (χ0) is 15.2. The van der Waals surface area contributed by atoms with Crippen LogP contribution in [0.3, 0.4) is 0 Å². The Morgan fingerprint density at radius 1 is 1.45 bits per heavy atom. The predicted molar refractivity (Wildman–Crippen MR) is 77.8 cm³/mol. The predicted octanol–water partition coefficient (Wildman–Crippen LogP) is 3.90. The molecular weight excluding hydrogens is 257 g/mol. The molecule has 3 nitrogen and oxygen atoms in total. The van der Waals surface area contributed by atoms with E-state index in [1.165, 1.54) is 6.92 Å². The Morgan fingerprint density at radius 2 is 2.15 bits per heavy atom. The minimum Gasteiger partial charge on any atom is -0.481 e. The van der Waals surface area contributed by atoms with Crippen molar-refractivity contribution < 1.29 is 13.9 Å². The number of pyridine rings is 1. The van der Waals surface area contributed by atoms with Crippen LogP contribution in [-0.4, -0.2) is 22.5 Å². The minimum absolute atomic E-state index is 0.0232. The van der Waals surface area contributed by atoms with Crippen molar-refractivity contribution in [3.05, 3.63) is 24.0 Å². The summed E-state index contributed by atoms with van der Waals surface area (Å²) in [6.07, 6.45) is 3.82. The van der Waals surface area contributed by atoms with Crippen molar-refractivity contribution in [3.63, 3.8) is 0 Å². The maximum atomic E-state index is 13.4. The van der Waals surface area contributed by atoms with Crippen molar-refractivity contribution >= 4 is 5.78 Å². The van der Waals surface area contributed by atoms with Crippen LogP contribution >= 0.6 is 0 Å². The van der Waals surface area contributed by atoms with Gasteiger partial charge in [-0.15, -0.1) is 0 Å². The third kappa shape index (κ3) is 6.13. The van der Waals surface area contributed by atoms with Gasteiger partial charge >= 0.3 is 0 Å². The number of aryl methyl sites for hydroxylation is 1. The molecule has 1 aromatic rings. The van der Waals surface area contributed by atoms with Gasteiger partial charge in [-0.25, -0.2) is 4.39 Å². The summed E-state index contributed by atoms with van der Waals surface area (Å²) >= 11 is 0. The monoisotopic (exact) mass is 281 g/mol. The number of hydrogen-bond donors (Lipinski definition) is 0. The van der Waals surface area contributed by atoms with Crippen molar-refractivity contribution in [2.75, 3.05) is 0 Å². The second kappa shape index (κ2) is 7.36. The van der Waals surface area contributed by atoms with Crippen molar-refractivity contribution in [1.29, 1.82) is 0 Å². The number of aromatic nitrogens is 1. The second-order valence-corrected chi connectivity index (χ2v) is 5.71. The summed E-state index contributed by atoms with van der Waals surface area (Å²) in [5.74, 6) is 0.608. The Morgan fingerprint density at radius 3 is 2.60 bits per heavy atom. The second-order valence-electron chi connectivity index (χ2n) is 5.71. The van der Waals surface area contributed by atoms with E-state index in [1.807, 2.05) is 13.0 Å². The highest BCUT2D eigenvalue weighted by Gasteiger charge is 2.16. The molecule has 0 aliphatic rings. The number of ether oxygens (including phenoxy) is 1. The van der Waals surface area contributed by atoms with Crippen LogP contribution in [0.2, 0.25) is 0 Å². The molecule has 1 heterocycles. The van der Waals surface area contributed by atoms with Gasteiger partial charge in [-0.05, 0) is 52.2 Å². The van der Waals surface area contributed by atoms with Crippen LogP contribution in [0.4, 0.5) is 4.39 Å². The molecule has 0 fully saturated rings. The van der Waals surface area contributed by atoms with E-state index >= 15 is 0 Å². The van der Waals surface area contributed by atoms with Gasteiger partial charge in [0.25, 0.3) is 0 Å². The molecule has 0 saturated carbocycles. The summed E-state index contributed by atoms with van der Waals surface area (Å²) in [7, 11) is 0. The lowest BCUT2D eigenvalue weighted by Gasteiger charge is -2.16. The van der Waals surface area contributed by atoms with Gasteiger partial charge in [-0.2, -0.15) is 0 Å². The van der Waals surface area contributed by atoms with E-state index in [0.29, 0.717) is 25.0 Å². The molecule has 0 amide bonds. The first kappa shape index (κ1) is 16.6. The highest BCUT2D eigenvalue weighted by molar-refractivity contribution is 5.80. The molecule has 112 valence electrons. The Labute approximate surface area is 120 Å². The molecule has 20 heavy (non-hydrogen) atoms. The number of halogens is 1. The first-order valence-electron chi connectivity index (χ1n) is 7.13. The van der Waals surface area contributed by atoms with Gasteiger partial charge < -0.3 is 4.74 Å². The zero-order valence-electron chi connectivity index (χ0n) is 12.8. The van der Waals surface area contributed by atoms with E-state index in [1.54, 1.807) is 26.1 Å². The van der Waals surface area contributed by atoms with Crippen LogP contribution in [0, 0.1) is 0 Å². The molecule has 0 aliphatic carbocycles. The molecule has 4 heteroatoms. The Kier molecular flexibility index (Phi) is 6.11. The zero-order valence-corrected chi connectivity index (χ0v) is 12.8. The fourth-order valence-electron chi connectivity index (χ4n) is 1.83. The molecule has 0 bridgehead atoms. The number of ketones is 1. The molecule has 0 N–H and O–H groups in total. The number of Topliss-reactive ketones (excluding diaryl/α,β-unsaturated/α-hetero) is 1. The van der Waals surface area contributed by atoms with Gasteiger partial charge in [0.2, 0.25) is 0 Å². The van der Waals surface area contributed by atoms with E-state index in [9.17, 15) is 9.18 Å². The molecule has 1 rings (SSSR count). The lowest BCUT2D eigenvalue weighted by molar-refractivity contribution is -0.123. The van der Waals surface area contributed by atoms with E-state index in [0.717, 1.165) is 12.1 Å². The van der Waals surface area contributed by atoms with E-state index in [-0.39, 0.29) is 5.78 Å². The third-order valence-electron chi connectivity index (χ3n) is 3.06. The lowest BCUT2D eigenvalue weighted by atomic mass is 10.0. The van der Waals surface area contributed by atoms with Gasteiger partial charge in [0, 0.05) is 5.69 Å². The van der Waals surface area contributed by atoms with E-state index < -0.39 is 11.8 Å². The van der Waals surface area contributed by atoms with E-state index in [2.05, 4.69) is 4.98 Å². The average molecular weight is 281 g/mol. The number of hydrogen-bond acceptors (Lipinski definition) is 3. The van der Waals surface area contributed by atoms with Gasteiger partial charge in [0.15, 0.2) is 11.9 Å². The molecule has 1 atom stereocenters. The fraction of sp³-hybridized carbons (Fsp3) is 0.625. The minimum atomic E-state index is -1.18. The van der Waals surface area contributed by atoms with Gasteiger partial charge in [-0.1, -0.05) is 13.3 Å². The quantitative estimate of drug-likeness (QED) is 0.725. The van der Waals surface area contributed by atoms with Crippen LogP contribution in [-0.2, 0) is 11.2 Å². The molecule has 0 unspecified atom stereocenters. The first-order valence-corrected chi connectivity index (χ1v) is 7.13. The lowest BCUT2D eigenvalue weighted by Crippen LogP contribution is -2.24. The van der Waals surface area contributed by atoms with Gasteiger partial charge in [0.05, 0.1) is 6.20 Å². The Hall–Kier alpha value is -1.45. The normalized spacial score (nSPS) is 13.1. The molecule has 0 spiro atoms. The number of nitrogens with zero attached hydrogens (tertiary/aromatic N) is 1. The van der Waals surface area contributed by atoms with Crippen LogP contribution in [0.25, 0.3) is 0 Å².